The largest absolute Gasteiger partial charge is 0.334 e. The predicted molar refractivity (Wildman–Crippen MR) is 76.1 cm³/mol. The van der Waals surface area contributed by atoms with Crippen molar-refractivity contribution in [1.29, 1.82) is 0 Å². The topological polar surface area (TPSA) is 46.3 Å². The fraction of sp³-hybridized carbons (Fsp3) is 0.500. The molecule has 18 heavy (non-hydrogen) atoms. The monoisotopic (exact) mass is 310 g/mol. The molecule has 1 fully saturated rings. The van der Waals surface area contributed by atoms with Gasteiger partial charge in [0.1, 0.15) is 0 Å². The van der Waals surface area contributed by atoms with Crippen LogP contribution in [0, 0.1) is 0 Å². The highest BCUT2D eigenvalue weighted by Crippen LogP contribution is 2.33. The summed E-state index contributed by atoms with van der Waals surface area (Å²) >= 11 is 3.57. The molecule has 1 aromatic carbocycles. The van der Waals surface area contributed by atoms with E-state index in [1.807, 2.05) is 30.0 Å². The first-order valence-electron chi connectivity index (χ1n) is 6.44. The highest BCUT2D eigenvalue weighted by molar-refractivity contribution is 9.10. The van der Waals surface area contributed by atoms with Crippen LogP contribution >= 0.6 is 15.9 Å². The SMILES string of the molecule is CCN1C(=O)CCCC(N)C1c1ccccc1Br. The first-order chi connectivity index (χ1) is 8.65. The summed E-state index contributed by atoms with van der Waals surface area (Å²) in [7, 11) is 0. The number of nitrogens with zero attached hydrogens (tertiary/aromatic N) is 1. The molecule has 2 atom stereocenters. The van der Waals surface area contributed by atoms with Crippen LogP contribution in [-0.2, 0) is 4.79 Å². The molecule has 0 saturated carbocycles. The Balaban J connectivity index is 2.42. The maximum absolute atomic E-state index is 12.1. The van der Waals surface area contributed by atoms with E-state index in [1.54, 1.807) is 0 Å². The van der Waals surface area contributed by atoms with Crippen LogP contribution in [0.2, 0.25) is 0 Å². The minimum Gasteiger partial charge on any atom is -0.334 e. The Labute approximate surface area is 116 Å². The Morgan fingerprint density at radius 1 is 1.44 bits per heavy atom. The average Bonchev–Trinajstić information content (AvgIpc) is 2.49. The van der Waals surface area contributed by atoms with E-state index in [9.17, 15) is 4.79 Å². The molecule has 0 radical (unpaired) electrons. The molecule has 2 N–H and O–H groups in total. The number of halogens is 1. The van der Waals surface area contributed by atoms with Gasteiger partial charge in [-0.3, -0.25) is 4.79 Å². The standard InChI is InChI=1S/C14H19BrN2O/c1-2-17-13(18)9-5-8-12(16)14(17)10-6-3-4-7-11(10)15/h3-4,6-7,12,14H,2,5,8-9,16H2,1H3. The molecule has 2 unspecified atom stereocenters. The molecular formula is C14H19BrN2O. The number of hydrogen-bond donors (Lipinski definition) is 1. The molecule has 4 heteroatoms. The van der Waals surface area contributed by atoms with Crippen molar-refractivity contribution in [3.8, 4) is 0 Å². The molecule has 1 heterocycles. The van der Waals surface area contributed by atoms with Crippen LogP contribution in [-0.4, -0.2) is 23.4 Å². The minimum atomic E-state index is -0.0134. The summed E-state index contributed by atoms with van der Waals surface area (Å²) in [6, 6.07) is 8.03. The van der Waals surface area contributed by atoms with Gasteiger partial charge in [-0.2, -0.15) is 0 Å². The third kappa shape index (κ3) is 2.59. The molecule has 3 nitrogen and oxygen atoms in total. The molecule has 1 aromatic rings. The average molecular weight is 311 g/mol. The second-order valence-electron chi connectivity index (χ2n) is 4.70. The van der Waals surface area contributed by atoms with Gasteiger partial charge in [-0.1, -0.05) is 34.1 Å². The third-order valence-corrected chi connectivity index (χ3v) is 4.28. The van der Waals surface area contributed by atoms with E-state index in [2.05, 4.69) is 22.0 Å². The lowest BCUT2D eigenvalue weighted by Crippen LogP contribution is -2.42. The van der Waals surface area contributed by atoms with Gasteiger partial charge in [0, 0.05) is 23.5 Å². The maximum Gasteiger partial charge on any atom is 0.223 e. The summed E-state index contributed by atoms with van der Waals surface area (Å²) in [4.78, 5) is 14.1. The Bertz CT molecular complexity index is 436. The molecule has 2 rings (SSSR count). The van der Waals surface area contributed by atoms with Crippen molar-refractivity contribution in [1.82, 2.24) is 4.90 Å². The van der Waals surface area contributed by atoms with Crippen molar-refractivity contribution >= 4 is 21.8 Å². The van der Waals surface area contributed by atoms with E-state index >= 15 is 0 Å². The summed E-state index contributed by atoms with van der Waals surface area (Å²) < 4.78 is 1.03. The van der Waals surface area contributed by atoms with Crippen molar-refractivity contribution < 1.29 is 4.79 Å². The van der Waals surface area contributed by atoms with Crippen LogP contribution in [0.4, 0.5) is 0 Å². The molecule has 1 aliphatic rings. The number of nitrogens with two attached hydrogens (primary N) is 1. The summed E-state index contributed by atoms with van der Waals surface area (Å²) in [5.41, 5.74) is 7.41. The molecule has 0 spiro atoms. The zero-order chi connectivity index (χ0) is 13.1. The van der Waals surface area contributed by atoms with Gasteiger partial charge in [-0.15, -0.1) is 0 Å². The summed E-state index contributed by atoms with van der Waals surface area (Å²) in [5, 5.41) is 0. The van der Waals surface area contributed by atoms with E-state index in [0.717, 1.165) is 22.9 Å². The maximum atomic E-state index is 12.1. The van der Waals surface area contributed by atoms with Crippen molar-refractivity contribution in [2.75, 3.05) is 6.54 Å². The zero-order valence-electron chi connectivity index (χ0n) is 10.6. The molecular weight excluding hydrogens is 292 g/mol. The number of rotatable bonds is 2. The summed E-state index contributed by atoms with van der Waals surface area (Å²) in [5.74, 6) is 0.214. The van der Waals surface area contributed by atoms with Gasteiger partial charge in [0.25, 0.3) is 0 Å². The number of benzene rings is 1. The van der Waals surface area contributed by atoms with Crippen LogP contribution in [0.25, 0.3) is 0 Å². The van der Waals surface area contributed by atoms with Crippen molar-refractivity contribution in [2.45, 2.75) is 38.3 Å². The van der Waals surface area contributed by atoms with Crippen molar-refractivity contribution in [2.24, 2.45) is 5.73 Å². The summed E-state index contributed by atoms with van der Waals surface area (Å²) in [6.45, 7) is 2.72. The smallest absolute Gasteiger partial charge is 0.223 e. The molecule has 0 aliphatic carbocycles. The Hall–Kier alpha value is -0.870. The highest BCUT2D eigenvalue weighted by atomic mass is 79.9. The highest BCUT2D eigenvalue weighted by Gasteiger charge is 2.32. The molecule has 1 saturated heterocycles. The minimum absolute atomic E-state index is 0.00935. The molecule has 1 aliphatic heterocycles. The fourth-order valence-corrected chi connectivity index (χ4v) is 3.18. The normalized spacial score (nSPS) is 25.1. The molecule has 1 amide bonds. The number of carbonyl (C=O) groups excluding carboxylic acids is 1. The number of hydrogen-bond acceptors (Lipinski definition) is 2. The first kappa shape index (κ1) is 13.6. The quantitative estimate of drug-likeness (QED) is 0.913. The van der Waals surface area contributed by atoms with Crippen molar-refractivity contribution in [3.05, 3.63) is 34.3 Å². The van der Waals surface area contributed by atoms with Crippen molar-refractivity contribution in [3.63, 3.8) is 0 Å². The Morgan fingerprint density at radius 2 is 2.17 bits per heavy atom. The molecule has 0 bridgehead atoms. The van der Waals surface area contributed by atoms with E-state index < -0.39 is 0 Å². The number of likely N-dealkylation sites (tertiary alicyclic amines) is 1. The Kier molecular flexibility index (Phi) is 4.40. The van der Waals surface area contributed by atoms with Gasteiger partial charge in [0.2, 0.25) is 5.91 Å². The third-order valence-electron chi connectivity index (χ3n) is 3.55. The summed E-state index contributed by atoms with van der Waals surface area (Å²) in [6.07, 6.45) is 2.40. The fourth-order valence-electron chi connectivity index (χ4n) is 2.66. The van der Waals surface area contributed by atoms with Gasteiger partial charge in [0.15, 0.2) is 0 Å². The van der Waals surface area contributed by atoms with E-state index in [-0.39, 0.29) is 18.0 Å². The van der Waals surface area contributed by atoms with Gasteiger partial charge in [-0.25, -0.2) is 0 Å². The van der Waals surface area contributed by atoms with Crippen LogP contribution in [0.5, 0.6) is 0 Å². The lowest BCUT2D eigenvalue weighted by atomic mass is 9.96. The Morgan fingerprint density at radius 3 is 2.83 bits per heavy atom. The second-order valence-corrected chi connectivity index (χ2v) is 5.56. The first-order valence-corrected chi connectivity index (χ1v) is 7.24. The number of likely N-dealkylation sites (N-methyl/N-ethyl adjacent to an activating group) is 1. The van der Waals surface area contributed by atoms with E-state index in [1.165, 1.54) is 0 Å². The lowest BCUT2D eigenvalue weighted by Gasteiger charge is -2.33. The molecule has 98 valence electrons. The predicted octanol–water partition coefficient (Wildman–Crippen LogP) is 2.85. The second kappa shape index (κ2) is 5.85. The number of carbonyl (C=O) groups is 1. The van der Waals surface area contributed by atoms with Gasteiger partial charge < -0.3 is 10.6 Å². The van der Waals surface area contributed by atoms with Crippen LogP contribution in [0.15, 0.2) is 28.7 Å². The zero-order valence-corrected chi connectivity index (χ0v) is 12.2. The van der Waals surface area contributed by atoms with E-state index in [4.69, 9.17) is 5.73 Å². The van der Waals surface area contributed by atoms with Crippen LogP contribution in [0.3, 0.4) is 0 Å². The van der Waals surface area contributed by atoms with Gasteiger partial charge in [-0.05, 0) is 31.4 Å². The molecule has 0 aromatic heterocycles. The van der Waals surface area contributed by atoms with E-state index in [0.29, 0.717) is 13.0 Å². The van der Waals surface area contributed by atoms with Crippen LogP contribution < -0.4 is 5.73 Å². The van der Waals surface area contributed by atoms with Gasteiger partial charge >= 0.3 is 0 Å². The number of amides is 1. The van der Waals surface area contributed by atoms with Gasteiger partial charge in [0.05, 0.1) is 6.04 Å². The van der Waals surface area contributed by atoms with Crippen LogP contribution in [0.1, 0.15) is 37.8 Å². The lowest BCUT2D eigenvalue weighted by molar-refractivity contribution is -0.133.